The van der Waals surface area contributed by atoms with Crippen LogP contribution in [0.25, 0.3) is 0 Å². The van der Waals surface area contributed by atoms with E-state index in [9.17, 15) is 0 Å². The maximum atomic E-state index is 3.62. The molecule has 4 nitrogen and oxygen atoms in total. The summed E-state index contributed by atoms with van der Waals surface area (Å²) in [6.07, 6.45) is 6.62. The molecule has 4 N–H and O–H groups in total. The number of halogens is 8. The first-order valence-electron chi connectivity index (χ1n) is 9.21. The summed E-state index contributed by atoms with van der Waals surface area (Å²) in [6.45, 7) is 13.7. The Morgan fingerprint density at radius 2 is 0.759 bits per heavy atom. The highest BCUT2D eigenvalue weighted by molar-refractivity contribution is 5.86. The van der Waals surface area contributed by atoms with Crippen LogP contribution >= 0.6 is 99.3 Å². The number of hydrogen-bond acceptors (Lipinski definition) is 4. The summed E-state index contributed by atoms with van der Waals surface area (Å²) in [5, 5.41) is 14.0. The number of unbranched alkanes of at least 4 members (excludes halogenated alkanes) is 2. The van der Waals surface area contributed by atoms with E-state index in [0.717, 1.165) is 24.9 Å². The quantitative estimate of drug-likeness (QED) is 0.192. The molecule has 1 aliphatic rings. The first-order valence-corrected chi connectivity index (χ1v) is 9.21. The zero-order valence-electron chi connectivity index (χ0n) is 17.6. The fourth-order valence-corrected chi connectivity index (χ4v) is 2.74. The van der Waals surface area contributed by atoms with Gasteiger partial charge in [-0.2, -0.15) is 0 Å². The average Bonchev–Trinajstić information content (AvgIpc) is 3.24. The van der Waals surface area contributed by atoms with Gasteiger partial charge in [0.15, 0.2) is 0 Å². The summed E-state index contributed by atoms with van der Waals surface area (Å²) >= 11 is 0. The van der Waals surface area contributed by atoms with Crippen molar-refractivity contribution in [2.24, 2.45) is 11.8 Å². The molecule has 0 spiro atoms. The van der Waals surface area contributed by atoms with E-state index < -0.39 is 0 Å². The SMILES string of the molecule is CCNCCCCNC[C@@H]1C[C@H]1CNCCCCNCC.Cl.Cl.Cl.Cl.Cl.Cl.Cl.Cl. The molecule has 1 fully saturated rings. The Labute approximate surface area is 229 Å². The van der Waals surface area contributed by atoms with E-state index in [1.807, 2.05) is 0 Å². The van der Waals surface area contributed by atoms with Gasteiger partial charge >= 0.3 is 0 Å². The lowest BCUT2D eigenvalue weighted by Gasteiger charge is -2.06. The Bertz CT molecular complexity index is 225. The maximum Gasteiger partial charge on any atom is -0.00173 e. The molecule has 0 aromatic rings. The predicted octanol–water partition coefficient (Wildman–Crippen LogP) is 4.96. The number of hydrogen-bond donors (Lipinski definition) is 4. The van der Waals surface area contributed by atoms with Gasteiger partial charge in [0, 0.05) is 0 Å². The van der Waals surface area contributed by atoms with E-state index in [-0.39, 0.29) is 99.3 Å². The lowest BCUT2D eigenvalue weighted by atomic mass is 10.2. The predicted molar refractivity (Wildman–Crippen MR) is 151 cm³/mol. The van der Waals surface area contributed by atoms with Crippen molar-refractivity contribution in [2.45, 2.75) is 46.0 Å². The van der Waals surface area contributed by atoms with Crippen molar-refractivity contribution in [3.63, 3.8) is 0 Å². The van der Waals surface area contributed by atoms with Crippen LogP contribution in [0, 0.1) is 11.8 Å². The molecule has 1 rings (SSSR count). The lowest BCUT2D eigenvalue weighted by molar-refractivity contribution is 0.531. The molecule has 0 aromatic heterocycles. The van der Waals surface area contributed by atoms with Crippen molar-refractivity contribution in [1.82, 2.24) is 21.3 Å². The molecule has 0 bridgehead atoms. The smallest absolute Gasteiger partial charge is 0.00173 e. The lowest BCUT2D eigenvalue weighted by Crippen LogP contribution is -2.23. The molecule has 1 aliphatic carbocycles. The van der Waals surface area contributed by atoms with Gasteiger partial charge < -0.3 is 21.3 Å². The molecule has 0 radical (unpaired) electrons. The average molecular weight is 590 g/mol. The van der Waals surface area contributed by atoms with E-state index in [0.29, 0.717) is 0 Å². The van der Waals surface area contributed by atoms with Crippen LogP contribution in [0.5, 0.6) is 0 Å². The highest BCUT2D eigenvalue weighted by Gasteiger charge is 2.35. The van der Waals surface area contributed by atoms with E-state index in [4.69, 9.17) is 0 Å². The van der Waals surface area contributed by atoms with E-state index in [2.05, 4.69) is 35.1 Å². The van der Waals surface area contributed by atoms with E-state index in [1.165, 1.54) is 71.4 Å². The van der Waals surface area contributed by atoms with Crippen molar-refractivity contribution >= 4 is 99.3 Å². The fourth-order valence-electron chi connectivity index (χ4n) is 2.74. The molecule has 0 heterocycles. The Hall–Kier alpha value is 2.16. The van der Waals surface area contributed by atoms with Crippen molar-refractivity contribution in [2.75, 3.05) is 52.4 Å². The largest absolute Gasteiger partial charge is 0.317 e. The first kappa shape index (κ1) is 52.8. The second kappa shape index (κ2) is 40.5. The molecule has 0 saturated heterocycles. The van der Waals surface area contributed by atoms with Crippen LogP contribution in [-0.4, -0.2) is 52.4 Å². The maximum absolute atomic E-state index is 3.62. The topological polar surface area (TPSA) is 48.1 Å². The van der Waals surface area contributed by atoms with Crippen LogP contribution in [-0.2, 0) is 0 Å². The second-order valence-corrected chi connectivity index (χ2v) is 6.29. The molecule has 29 heavy (non-hydrogen) atoms. The highest BCUT2D eigenvalue weighted by Crippen LogP contribution is 2.36. The zero-order chi connectivity index (χ0) is 15.2. The Kier molecular flexibility index (Phi) is 73.8. The van der Waals surface area contributed by atoms with Crippen LogP contribution in [0.3, 0.4) is 0 Å². The van der Waals surface area contributed by atoms with Gasteiger partial charge in [-0.1, -0.05) is 13.8 Å². The third-order valence-corrected chi connectivity index (χ3v) is 4.30. The molecule has 2 atom stereocenters. The standard InChI is InChI=1S/C17H38N4.8ClH/c1-3-18-9-5-7-11-20-14-16-13-17(16)15-21-12-8-6-10-19-4-2;;;;;;;;/h16-21H,3-15H2,1-2H3;8*1H/t16-,17-;;;;;;;;/m0......../s1. The molecule has 12 heteroatoms. The Morgan fingerprint density at radius 3 is 1.03 bits per heavy atom. The summed E-state index contributed by atoms with van der Waals surface area (Å²) < 4.78 is 0. The Morgan fingerprint density at radius 1 is 0.483 bits per heavy atom. The van der Waals surface area contributed by atoms with Gasteiger partial charge in [-0.3, -0.25) is 0 Å². The Balaban J connectivity index is -0.0000000919. The van der Waals surface area contributed by atoms with Crippen LogP contribution in [0.1, 0.15) is 46.0 Å². The molecule has 0 aromatic carbocycles. The van der Waals surface area contributed by atoms with Gasteiger partial charge in [-0.05, 0) is 96.3 Å². The van der Waals surface area contributed by atoms with Gasteiger partial charge in [0.25, 0.3) is 0 Å². The van der Waals surface area contributed by atoms with E-state index in [1.54, 1.807) is 0 Å². The fraction of sp³-hybridized carbons (Fsp3) is 1.00. The van der Waals surface area contributed by atoms with Gasteiger partial charge in [0.2, 0.25) is 0 Å². The summed E-state index contributed by atoms with van der Waals surface area (Å²) in [5.41, 5.74) is 0. The third-order valence-electron chi connectivity index (χ3n) is 4.30. The van der Waals surface area contributed by atoms with Gasteiger partial charge in [-0.25, -0.2) is 0 Å². The molecule has 0 amide bonds. The minimum atomic E-state index is 0. The normalized spacial score (nSPS) is 15.1. The monoisotopic (exact) mass is 586 g/mol. The van der Waals surface area contributed by atoms with Crippen molar-refractivity contribution < 1.29 is 0 Å². The molecule has 1 saturated carbocycles. The van der Waals surface area contributed by atoms with Crippen molar-refractivity contribution in [3.8, 4) is 0 Å². The summed E-state index contributed by atoms with van der Waals surface area (Å²) in [4.78, 5) is 0. The second-order valence-electron chi connectivity index (χ2n) is 6.29. The summed E-state index contributed by atoms with van der Waals surface area (Å²) in [5.74, 6) is 1.88. The zero-order valence-corrected chi connectivity index (χ0v) is 24.1. The van der Waals surface area contributed by atoms with Gasteiger partial charge in [-0.15, -0.1) is 99.3 Å². The van der Waals surface area contributed by atoms with Crippen LogP contribution < -0.4 is 21.3 Å². The van der Waals surface area contributed by atoms with Crippen molar-refractivity contribution in [3.05, 3.63) is 0 Å². The van der Waals surface area contributed by atoms with E-state index >= 15 is 0 Å². The number of nitrogens with one attached hydrogen (secondary N) is 4. The summed E-state index contributed by atoms with van der Waals surface area (Å²) in [6, 6.07) is 0. The van der Waals surface area contributed by atoms with Gasteiger partial charge in [0.05, 0.1) is 0 Å². The summed E-state index contributed by atoms with van der Waals surface area (Å²) in [7, 11) is 0. The number of rotatable bonds is 16. The van der Waals surface area contributed by atoms with Crippen molar-refractivity contribution in [1.29, 1.82) is 0 Å². The molecular formula is C17H46Cl8N4. The molecule has 190 valence electrons. The minimum absolute atomic E-state index is 0. The van der Waals surface area contributed by atoms with Gasteiger partial charge in [0.1, 0.15) is 0 Å². The third kappa shape index (κ3) is 34.9. The molecular weight excluding hydrogens is 544 g/mol. The van der Waals surface area contributed by atoms with Crippen LogP contribution in [0.15, 0.2) is 0 Å². The van der Waals surface area contributed by atoms with Crippen LogP contribution in [0.4, 0.5) is 0 Å². The highest BCUT2D eigenvalue weighted by atomic mass is 35.5. The first-order chi connectivity index (χ1) is 10.4. The van der Waals surface area contributed by atoms with Crippen LogP contribution in [0.2, 0.25) is 0 Å². The molecule has 0 aliphatic heterocycles. The molecule has 0 unspecified atom stereocenters. The minimum Gasteiger partial charge on any atom is -0.317 e.